The van der Waals surface area contributed by atoms with Gasteiger partial charge in [-0.1, -0.05) is 0 Å². The Morgan fingerprint density at radius 2 is 2.09 bits per heavy atom. The number of nitrogens with two attached hydrogens (primary N) is 1. The zero-order valence-electron chi connectivity index (χ0n) is 6.00. The van der Waals surface area contributed by atoms with Crippen LogP contribution in [-0.4, -0.2) is 7.11 Å². The summed E-state index contributed by atoms with van der Waals surface area (Å²) in [7, 11) is 1.61. The molecule has 11 heavy (non-hydrogen) atoms. The molecule has 0 aliphatic rings. The summed E-state index contributed by atoms with van der Waals surface area (Å²) in [6.07, 6.45) is 0. The van der Waals surface area contributed by atoms with Crippen LogP contribution in [-0.2, 0) is 0 Å². The van der Waals surface area contributed by atoms with Gasteiger partial charge in [-0.25, -0.2) is 0 Å². The highest BCUT2D eigenvalue weighted by molar-refractivity contribution is 14.1. The van der Waals surface area contributed by atoms with E-state index in [4.69, 9.17) is 10.5 Å². The maximum Gasteiger partial charge on any atom is 0.142 e. The van der Waals surface area contributed by atoms with Gasteiger partial charge in [0.2, 0.25) is 0 Å². The van der Waals surface area contributed by atoms with Crippen LogP contribution in [0.1, 0.15) is 0 Å². The molecule has 0 atom stereocenters. The van der Waals surface area contributed by atoms with Crippen LogP contribution < -0.4 is 10.5 Å². The Morgan fingerprint density at radius 3 is 2.55 bits per heavy atom. The van der Waals surface area contributed by atoms with Crippen molar-refractivity contribution in [1.29, 1.82) is 0 Å². The Bertz CT molecular complexity index is 242. The number of halogens is 2. The summed E-state index contributed by atoms with van der Waals surface area (Å²) in [4.78, 5) is 0. The van der Waals surface area contributed by atoms with Crippen molar-refractivity contribution in [3.63, 3.8) is 0 Å². The number of rotatable bonds is 1. The highest BCUT2D eigenvalue weighted by Crippen LogP contribution is 2.22. The predicted octanol–water partition coefficient (Wildman–Crippen LogP) is 2.30. The normalized spacial score (nSPS) is 8.55. The molecule has 0 saturated heterocycles. The lowest BCUT2D eigenvalue weighted by Gasteiger charge is -2.02. The molecule has 4 heteroatoms. The molecule has 0 bridgehead atoms. The summed E-state index contributed by atoms with van der Waals surface area (Å²) >= 11 is 2.21. The maximum absolute atomic E-state index is 5.57. The summed E-state index contributed by atoms with van der Waals surface area (Å²) in [6, 6.07) is 5.68. The largest absolute Gasteiger partial charge is 0.495 e. The number of hydrogen-bond acceptors (Lipinski definition) is 2. The minimum absolute atomic E-state index is 0. The first kappa shape index (κ1) is 10.8. The number of methoxy groups -OCH3 is 1. The van der Waals surface area contributed by atoms with Gasteiger partial charge in [0.05, 0.1) is 12.8 Å². The second-order valence-electron chi connectivity index (χ2n) is 1.89. The van der Waals surface area contributed by atoms with Crippen LogP contribution >= 0.6 is 35.0 Å². The van der Waals surface area contributed by atoms with Gasteiger partial charge in [-0.05, 0) is 40.8 Å². The zero-order valence-corrected chi connectivity index (χ0v) is 8.98. The van der Waals surface area contributed by atoms with Crippen molar-refractivity contribution < 1.29 is 4.74 Å². The number of hydrogen-bond donors (Lipinski definition) is 1. The van der Waals surface area contributed by atoms with E-state index < -0.39 is 0 Å². The first-order valence-corrected chi connectivity index (χ1v) is 3.91. The Balaban J connectivity index is 0.000001000. The standard InChI is InChI=1S/C7H8INO.ClH/c1-10-7-4-5(8)2-3-6(7)9;/h2-4H,9H2,1H3;1H. The first-order chi connectivity index (χ1) is 4.74. The molecule has 0 aromatic heterocycles. The number of ether oxygens (including phenoxy) is 1. The van der Waals surface area contributed by atoms with Crippen LogP contribution in [0.5, 0.6) is 5.75 Å². The van der Waals surface area contributed by atoms with E-state index in [9.17, 15) is 0 Å². The van der Waals surface area contributed by atoms with Gasteiger partial charge >= 0.3 is 0 Å². The molecule has 0 heterocycles. The van der Waals surface area contributed by atoms with Gasteiger partial charge in [-0.15, -0.1) is 12.4 Å². The van der Waals surface area contributed by atoms with E-state index in [2.05, 4.69) is 22.6 Å². The molecule has 0 aliphatic carbocycles. The highest BCUT2D eigenvalue weighted by atomic mass is 127. The summed E-state index contributed by atoms with van der Waals surface area (Å²) in [5.74, 6) is 0.743. The fraction of sp³-hybridized carbons (Fsp3) is 0.143. The van der Waals surface area contributed by atoms with Gasteiger partial charge in [-0.2, -0.15) is 0 Å². The smallest absolute Gasteiger partial charge is 0.142 e. The predicted molar refractivity (Wildman–Crippen MR) is 57.4 cm³/mol. The maximum atomic E-state index is 5.57. The molecular formula is C7H9ClINO. The molecule has 0 aliphatic heterocycles. The van der Waals surface area contributed by atoms with Crippen LogP contribution in [0, 0.1) is 3.57 Å². The lowest BCUT2D eigenvalue weighted by Crippen LogP contribution is -1.91. The Labute approximate surface area is 85.7 Å². The van der Waals surface area contributed by atoms with E-state index in [0.29, 0.717) is 5.69 Å². The van der Waals surface area contributed by atoms with Crippen molar-refractivity contribution in [2.45, 2.75) is 0 Å². The lowest BCUT2D eigenvalue weighted by molar-refractivity contribution is 0.416. The number of nitrogen functional groups attached to an aromatic ring is 1. The summed E-state index contributed by atoms with van der Waals surface area (Å²) < 4.78 is 6.12. The van der Waals surface area contributed by atoms with E-state index in [-0.39, 0.29) is 12.4 Å². The molecular weight excluding hydrogens is 276 g/mol. The van der Waals surface area contributed by atoms with Crippen LogP contribution in [0.3, 0.4) is 0 Å². The highest BCUT2D eigenvalue weighted by Gasteiger charge is 1.96. The van der Waals surface area contributed by atoms with Crippen LogP contribution in [0.4, 0.5) is 5.69 Å². The first-order valence-electron chi connectivity index (χ1n) is 2.83. The van der Waals surface area contributed by atoms with Gasteiger partial charge in [0.1, 0.15) is 5.75 Å². The molecule has 2 N–H and O–H groups in total. The van der Waals surface area contributed by atoms with E-state index in [1.807, 2.05) is 18.2 Å². The third-order valence-corrected chi connectivity index (χ3v) is 1.87. The van der Waals surface area contributed by atoms with Crippen molar-refractivity contribution in [2.75, 3.05) is 12.8 Å². The van der Waals surface area contributed by atoms with Crippen LogP contribution in [0.15, 0.2) is 18.2 Å². The molecule has 1 rings (SSSR count). The molecule has 2 nitrogen and oxygen atoms in total. The van der Waals surface area contributed by atoms with E-state index in [1.165, 1.54) is 0 Å². The summed E-state index contributed by atoms with van der Waals surface area (Å²) in [6.45, 7) is 0. The third kappa shape index (κ3) is 2.75. The second kappa shape index (κ2) is 4.66. The minimum Gasteiger partial charge on any atom is -0.495 e. The van der Waals surface area contributed by atoms with Crippen molar-refractivity contribution >= 4 is 40.7 Å². The molecule has 0 radical (unpaired) electrons. The van der Waals surface area contributed by atoms with Gasteiger partial charge in [-0.3, -0.25) is 0 Å². The quantitative estimate of drug-likeness (QED) is 0.635. The number of anilines is 1. The Morgan fingerprint density at radius 1 is 1.45 bits per heavy atom. The van der Waals surface area contributed by atoms with Gasteiger partial charge in [0, 0.05) is 3.57 Å². The molecule has 0 saturated carbocycles. The molecule has 0 spiro atoms. The fourth-order valence-electron chi connectivity index (χ4n) is 0.685. The topological polar surface area (TPSA) is 35.2 Å². The molecule has 62 valence electrons. The van der Waals surface area contributed by atoms with Crippen LogP contribution in [0.2, 0.25) is 0 Å². The average molecular weight is 286 g/mol. The molecule has 0 unspecified atom stereocenters. The van der Waals surface area contributed by atoms with E-state index in [1.54, 1.807) is 7.11 Å². The SMILES string of the molecule is COc1cc(I)ccc1N.Cl. The molecule has 1 aromatic carbocycles. The average Bonchev–Trinajstić information content (AvgIpc) is 1.94. The van der Waals surface area contributed by atoms with Gasteiger partial charge in [0.25, 0.3) is 0 Å². The van der Waals surface area contributed by atoms with E-state index in [0.717, 1.165) is 9.32 Å². The van der Waals surface area contributed by atoms with Crippen molar-refractivity contribution in [3.8, 4) is 5.75 Å². The van der Waals surface area contributed by atoms with Crippen molar-refractivity contribution in [1.82, 2.24) is 0 Å². The minimum atomic E-state index is 0. The second-order valence-corrected chi connectivity index (χ2v) is 3.13. The lowest BCUT2D eigenvalue weighted by atomic mass is 10.3. The molecule has 0 fully saturated rings. The Hall–Kier alpha value is -0.160. The van der Waals surface area contributed by atoms with E-state index >= 15 is 0 Å². The number of benzene rings is 1. The molecule has 0 amide bonds. The zero-order chi connectivity index (χ0) is 7.56. The molecule has 1 aromatic rings. The fourth-order valence-corrected chi connectivity index (χ4v) is 1.15. The summed E-state index contributed by atoms with van der Waals surface area (Å²) in [5.41, 5.74) is 6.25. The van der Waals surface area contributed by atoms with Gasteiger partial charge < -0.3 is 10.5 Å². The van der Waals surface area contributed by atoms with Gasteiger partial charge in [0.15, 0.2) is 0 Å². The Kier molecular flexibility index (Phi) is 4.60. The monoisotopic (exact) mass is 285 g/mol. The van der Waals surface area contributed by atoms with Crippen molar-refractivity contribution in [2.24, 2.45) is 0 Å². The summed E-state index contributed by atoms with van der Waals surface area (Å²) in [5, 5.41) is 0. The van der Waals surface area contributed by atoms with Crippen LogP contribution in [0.25, 0.3) is 0 Å². The third-order valence-electron chi connectivity index (χ3n) is 1.20. The van der Waals surface area contributed by atoms with Crippen molar-refractivity contribution in [3.05, 3.63) is 21.8 Å².